The SMILES string of the molecule is COc1cc(Cn2ccc3ccc(C(=O)NO)cc32)cc(OC)c1. The Hall–Kier alpha value is -2.99. The molecule has 0 atom stereocenters. The molecule has 0 saturated carbocycles. The number of hydrogen-bond donors (Lipinski definition) is 2. The van der Waals surface area contributed by atoms with Crippen LogP contribution in [0.25, 0.3) is 10.9 Å². The molecular formula is C18H18N2O4. The van der Waals surface area contributed by atoms with Crippen LogP contribution in [-0.2, 0) is 6.54 Å². The van der Waals surface area contributed by atoms with E-state index in [1.165, 1.54) is 0 Å². The molecule has 1 amide bonds. The van der Waals surface area contributed by atoms with Crippen molar-refractivity contribution in [2.24, 2.45) is 0 Å². The molecule has 0 aliphatic rings. The van der Waals surface area contributed by atoms with Gasteiger partial charge in [0.1, 0.15) is 11.5 Å². The Morgan fingerprint density at radius 1 is 1.08 bits per heavy atom. The highest BCUT2D eigenvalue weighted by Gasteiger charge is 2.09. The van der Waals surface area contributed by atoms with Gasteiger partial charge in [0.05, 0.1) is 14.2 Å². The first-order valence-electron chi connectivity index (χ1n) is 7.40. The quantitative estimate of drug-likeness (QED) is 0.558. The first kappa shape index (κ1) is 15.9. The summed E-state index contributed by atoms with van der Waals surface area (Å²) in [6.07, 6.45) is 1.96. The molecule has 2 N–H and O–H groups in total. The number of ether oxygens (including phenoxy) is 2. The highest BCUT2D eigenvalue weighted by Crippen LogP contribution is 2.25. The number of fused-ring (bicyclic) bond motifs is 1. The van der Waals surface area contributed by atoms with Gasteiger partial charge in [-0.3, -0.25) is 10.0 Å². The molecule has 6 nitrogen and oxygen atoms in total. The molecular weight excluding hydrogens is 308 g/mol. The van der Waals surface area contributed by atoms with Crippen LogP contribution in [0.5, 0.6) is 11.5 Å². The first-order valence-corrected chi connectivity index (χ1v) is 7.40. The fourth-order valence-electron chi connectivity index (χ4n) is 2.68. The van der Waals surface area contributed by atoms with E-state index >= 15 is 0 Å². The second-order valence-electron chi connectivity index (χ2n) is 5.38. The Morgan fingerprint density at radius 2 is 1.79 bits per heavy atom. The zero-order valence-corrected chi connectivity index (χ0v) is 13.4. The monoisotopic (exact) mass is 326 g/mol. The predicted molar refractivity (Wildman–Crippen MR) is 89.8 cm³/mol. The highest BCUT2D eigenvalue weighted by molar-refractivity contribution is 5.97. The molecule has 2 aromatic carbocycles. The number of hydroxylamine groups is 1. The number of amides is 1. The molecule has 0 aliphatic heterocycles. The predicted octanol–water partition coefficient (Wildman–Crippen LogP) is 2.83. The summed E-state index contributed by atoms with van der Waals surface area (Å²) in [4.78, 5) is 11.6. The zero-order chi connectivity index (χ0) is 17.1. The van der Waals surface area contributed by atoms with Crippen LogP contribution < -0.4 is 15.0 Å². The third kappa shape index (κ3) is 3.04. The minimum Gasteiger partial charge on any atom is -0.497 e. The standard InChI is InChI=1S/C18H18N2O4/c1-23-15-7-12(8-16(10-15)24-2)11-20-6-5-13-3-4-14(9-17(13)20)18(21)19-22/h3-10,22H,11H2,1-2H3,(H,19,21). The van der Waals surface area contributed by atoms with Gasteiger partial charge >= 0.3 is 0 Å². The molecule has 0 spiro atoms. The zero-order valence-electron chi connectivity index (χ0n) is 13.4. The van der Waals surface area contributed by atoms with E-state index in [1.807, 2.05) is 41.1 Å². The van der Waals surface area contributed by atoms with E-state index < -0.39 is 5.91 Å². The van der Waals surface area contributed by atoms with E-state index in [0.717, 1.165) is 28.0 Å². The Balaban J connectivity index is 1.99. The summed E-state index contributed by atoms with van der Waals surface area (Å²) in [5.41, 5.74) is 3.97. The number of nitrogens with zero attached hydrogens (tertiary/aromatic N) is 1. The summed E-state index contributed by atoms with van der Waals surface area (Å²) in [6, 6.07) is 13.0. The van der Waals surface area contributed by atoms with Crippen molar-refractivity contribution in [3.05, 3.63) is 59.8 Å². The van der Waals surface area contributed by atoms with Crippen LogP contribution in [0.3, 0.4) is 0 Å². The van der Waals surface area contributed by atoms with Crippen LogP contribution in [0.15, 0.2) is 48.7 Å². The smallest absolute Gasteiger partial charge is 0.274 e. The molecule has 0 bridgehead atoms. The van der Waals surface area contributed by atoms with Gasteiger partial charge in [-0.25, -0.2) is 5.48 Å². The number of nitrogens with one attached hydrogen (secondary N) is 1. The van der Waals surface area contributed by atoms with Crippen molar-refractivity contribution in [1.82, 2.24) is 10.0 Å². The van der Waals surface area contributed by atoms with Gasteiger partial charge in [-0.1, -0.05) is 6.07 Å². The molecule has 6 heteroatoms. The Kier molecular flexibility index (Phi) is 4.39. The molecule has 24 heavy (non-hydrogen) atoms. The van der Waals surface area contributed by atoms with E-state index in [0.29, 0.717) is 12.1 Å². The van der Waals surface area contributed by atoms with E-state index in [-0.39, 0.29) is 0 Å². The lowest BCUT2D eigenvalue weighted by molar-refractivity contribution is 0.0706. The van der Waals surface area contributed by atoms with E-state index in [1.54, 1.807) is 31.8 Å². The largest absolute Gasteiger partial charge is 0.497 e. The number of rotatable bonds is 5. The fraction of sp³-hybridized carbons (Fsp3) is 0.167. The molecule has 0 radical (unpaired) electrons. The van der Waals surface area contributed by atoms with Gasteiger partial charge in [-0.15, -0.1) is 0 Å². The van der Waals surface area contributed by atoms with Crippen molar-refractivity contribution in [2.75, 3.05) is 14.2 Å². The summed E-state index contributed by atoms with van der Waals surface area (Å²) in [5.74, 6) is 0.912. The minimum atomic E-state index is -0.535. The first-order chi connectivity index (χ1) is 11.6. The second-order valence-corrected chi connectivity index (χ2v) is 5.38. The van der Waals surface area contributed by atoms with Gasteiger partial charge in [0.25, 0.3) is 5.91 Å². The summed E-state index contributed by atoms with van der Waals surface area (Å²) in [7, 11) is 3.23. The molecule has 1 heterocycles. The summed E-state index contributed by atoms with van der Waals surface area (Å²) in [5, 5.41) is 9.81. The maximum absolute atomic E-state index is 11.6. The van der Waals surface area contributed by atoms with Crippen molar-refractivity contribution in [3.63, 3.8) is 0 Å². The average Bonchev–Trinajstić information content (AvgIpc) is 3.02. The van der Waals surface area contributed by atoms with Gasteiger partial charge in [0.15, 0.2) is 0 Å². The molecule has 3 aromatic rings. The van der Waals surface area contributed by atoms with Crippen LogP contribution >= 0.6 is 0 Å². The molecule has 1 aromatic heterocycles. The molecule has 0 fully saturated rings. The van der Waals surface area contributed by atoms with Crippen molar-refractivity contribution in [1.29, 1.82) is 0 Å². The lowest BCUT2D eigenvalue weighted by Gasteiger charge is -2.10. The fourth-order valence-corrected chi connectivity index (χ4v) is 2.68. The van der Waals surface area contributed by atoms with Crippen LogP contribution in [0.1, 0.15) is 15.9 Å². The number of carbonyl (C=O) groups excluding carboxylic acids is 1. The Morgan fingerprint density at radius 3 is 2.42 bits per heavy atom. The third-order valence-electron chi connectivity index (χ3n) is 3.90. The Labute approximate surface area is 139 Å². The maximum Gasteiger partial charge on any atom is 0.274 e. The van der Waals surface area contributed by atoms with Gasteiger partial charge in [0, 0.05) is 29.9 Å². The molecule has 0 aliphatic carbocycles. The van der Waals surface area contributed by atoms with Crippen LogP contribution in [0.4, 0.5) is 0 Å². The van der Waals surface area contributed by atoms with Gasteiger partial charge in [0.2, 0.25) is 0 Å². The van der Waals surface area contributed by atoms with Crippen LogP contribution in [0.2, 0.25) is 0 Å². The number of benzene rings is 2. The van der Waals surface area contributed by atoms with Gasteiger partial charge < -0.3 is 14.0 Å². The summed E-state index contributed by atoms with van der Waals surface area (Å²) in [6.45, 7) is 0.598. The average molecular weight is 326 g/mol. The molecule has 124 valence electrons. The number of aromatic nitrogens is 1. The number of carbonyl (C=O) groups is 1. The lowest BCUT2D eigenvalue weighted by Crippen LogP contribution is -2.18. The summed E-state index contributed by atoms with van der Waals surface area (Å²) < 4.78 is 12.6. The highest BCUT2D eigenvalue weighted by atomic mass is 16.5. The topological polar surface area (TPSA) is 72.7 Å². The van der Waals surface area contributed by atoms with E-state index in [4.69, 9.17) is 14.7 Å². The van der Waals surface area contributed by atoms with E-state index in [9.17, 15) is 4.79 Å². The van der Waals surface area contributed by atoms with Crippen molar-refractivity contribution in [2.45, 2.75) is 6.54 Å². The van der Waals surface area contributed by atoms with Crippen LogP contribution in [0, 0.1) is 0 Å². The van der Waals surface area contributed by atoms with Crippen LogP contribution in [-0.4, -0.2) is 29.9 Å². The van der Waals surface area contributed by atoms with Crippen molar-refractivity contribution in [3.8, 4) is 11.5 Å². The molecule has 0 saturated heterocycles. The van der Waals surface area contributed by atoms with Gasteiger partial charge in [-0.2, -0.15) is 0 Å². The number of hydrogen-bond acceptors (Lipinski definition) is 4. The molecule has 0 unspecified atom stereocenters. The Bertz CT molecular complexity index is 864. The lowest BCUT2D eigenvalue weighted by atomic mass is 10.1. The van der Waals surface area contributed by atoms with Gasteiger partial charge in [-0.05, 0) is 41.3 Å². The normalized spacial score (nSPS) is 10.6. The molecule has 3 rings (SSSR count). The van der Waals surface area contributed by atoms with Crippen molar-refractivity contribution < 1.29 is 19.5 Å². The van der Waals surface area contributed by atoms with Crippen molar-refractivity contribution >= 4 is 16.8 Å². The van der Waals surface area contributed by atoms with E-state index in [2.05, 4.69) is 0 Å². The second kappa shape index (κ2) is 6.64. The third-order valence-corrected chi connectivity index (χ3v) is 3.90. The number of methoxy groups -OCH3 is 2. The minimum absolute atomic E-state index is 0.396. The summed E-state index contributed by atoms with van der Waals surface area (Å²) >= 11 is 0. The maximum atomic E-state index is 11.6.